The molecule has 0 aromatic heterocycles. The van der Waals surface area contributed by atoms with Gasteiger partial charge in [0.05, 0.1) is 11.1 Å². The van der Waals surface area contributed by atoms with Crippen LogP contribution in [0.2, 0.25) is 0 Å². The molecule has 2 amide bonds. The molecule has 6 nitrogen and oxygen atoms in total. The summed E-state index contributed by atoms with van der Waals surface area (Å²) in [5, 5.41) is 2.85. The highest BCUT2D eigenvalue weighted by Gasteiger charge is 2.38. The minimum absolute atomic E-state index is 0.0151. The smallest absolute Gasteiger partial charge is 0.262 e. The molecule has 0 saturated heterocycles. The number of carbonyl (C=O) groups excluding carboxylic acids is 2. The fraction of sp³-hybridized carbons (Fsp3) is 0.417. The molecular formula is C24H30N2O4. The van der Waals surface area contributed by atoms with Crippen LogP contribution in [0.15, 0.2) is 42.5 Å². The lowest BCUT2D eigenvalue weighted by Gasteiger charge is -2.29. The Bertz CT molecular complexity index is 937. The number of benzene rings is 2. The molecule has 3 rings (SSSR count). The van der Waals surface area contributed by atoms with Gasteiger partial charge in [0.1, 0.15) is 18.1 Å². The second kappa shape index (κ2) is 8.78. The first-order valence-electron chi connectivity index (χ1n) is 10.2. The summed E-state index contributed by atoms with van der Waals surface area (Å²) in [6.07, 6.45) is 0. The summed E-state index contributed by atoms with van der Waals surface area (Å²) in [4.78, 5) is 27.3. The lowest BCUT2D eigenvalue weighted by molar-refractivity contribution is -0.127. The van der Waals surface area contributed by atoms with Crippen LogP contribution in [-0.2, 0) is 9.59 Å². The Hall–Kier alpha value is -3.02. The number of hydrogen-bond donors (Lipinski definition) is 1. The summed E-state index contributed by atoms with van der Waals surface area (Å²) in [5.74, 6) is 1.36. The largest absolute Gasteiger partial charge is 0.490 e. The van der Waals surface area contributed by atoms with Gasteiger partial charge in [0, 0.05) is 12.2 Å². The Kier molecular flexibility index (Phi) is 6.34. The molecule has 2 aromatic rings. The highest BCUT2D eigenvalue weighted by molar-refractivity contribution is 6.00. The summed E-state index contributed by atoms with van der Waals surface area (Å²) in [6.45, 7) is 10.6. The van der Waals surface area contributed by atoms with E-state index in [9.17, 15) is 9.59 Å². The van der Waals surface area contributed by atoms with Gasteiger partial charge >= 0.3 is 0 Å². The van der Waals surface area contributed by atoms with Crippen molar-refractivity contribution in [2.75, 3.05) is 30.0 Å². The van der Waals surface area contributed by atoms with Gasteiger partial charge < -0.3 is 19.7 Å². The molecule has 1 aliphatic rings. The summed E-state index contributed by atoms with van der Waals surface area (Å²) in [5.41, 5.74) is 1.62. The van der Waals surface area contributed by atoms with Crippen molar-refractivity contribution in [3.8, 4) is 11.5 Å². The van der Waals surface area contributed by atoms with E-state index in [1.807, 2.05) is 45.0 Å². The molecule has 0 fully saturated rings. The maximum atomic E-state index is 13.1. The highest BCUT2D eigenvalue weighted by atomic mass is 16.5. The van der Waals surface area contributed by atoms with Gasteiger partial charge in [-0.2, -0.15) is 0 Å². The molecule has 6 heteroatoms. The van der Waals surface area contributed by atoms with Gasteiger partial charge in [0.25, 0.3) is 5.91 Å². The Morgan fingerprint density at radius 1 is 1.23 bits per heavy atom. The van der Waals surface area contributed by atoms with E-state index in [1.54, 1.807) is 23.1 Å². The summed E-state index contributed by atoms with van der Waals surface area (Å²) in [6, 6.07) is 12.9. The van der Waals surface area contributed by atoms with E-state index >= 15 is 0 Å². The van der Waals surface area contributed by atoms with Crippen molar-refractivity contribution in [3.63, 3.8) is 0 Å². The van der Waals surface area contributed by atoms with E-state index in [0.717, 1.165) is 5.56 Å². The number of ether oxygens (including phenoxy) is 2. The van der Waals surface area contributed by atoms with E-state index in [4.69, 9.17) is 9.47 Å². The molecule has 0 radical (unpaired) electrons. The number of para-hydroxylation sites is 1. The van der Waals surface area contributed by atoms with Crippen LogP contribution < -0.4 is 19.7 Å². The summed E-state index contributed by atoms with van der Waals surface area (Å²) in [7, 11) is 0. The molecule has 160 valence electrons. The summed E-state index contributed by atoms with van der Waals surface area (Å²) >= 11 is 0. The van der Waals surface area contributed by atoms with Crippen molar-refractivity contribution in [3.05, 3.63) is 48.0 Å². The fourth-order valence-electron chi connectivity index (χ4n) is 3.33. The lowest BCUT2D eigenvalue weighted by Crippen LogP contribution is -2.43. The second-order valence-corrected chi connectivity index (χ2v) is 8.77. The first-order valence-corrected chi connectivity index (χ1v) is 10.2. The van der Waals surface area contributed by atoms with Crippen molar-refractivity contribution in [2.45, 2.75) is 34.6 Å². The zero-order chi connectivity index (χ0) is 21.9. The number of amides is 2. The van der Waals surface area contributed by atoms with Crippen LogP contribution in [0.1, 0.15) is 33.3 Å². The minimum Gasteiger partial charge on any atom is -0.490 e. The van der Waals surface area contributed by atoms with E-state index in [0.29, 0.717) is 36.0 Å². The topological polar surface area (TPSA) is 67.9 Å². The fourth-order valence-corrected chi connectivity index (χ4v) is 3.33. The minimum atomic E-state index is -0.626. The molecule has 0 atom stereocenters. The van der Waals surface area contributed by atoms with Crippen LogP contribution in [0, 0.1) is 18.3 Å². The number of rotatable bonds is 6. The molecule has 1 aliphatic heterocycles. The quantitative estimate of drug-likeness (QED) is 0.765. The molecule has 2 aromatic carbocycles. The molecule has 0 bridgehead atoms. The van der Waals surface area contributed by atoms with E-state index in [2.05, 4.69) is 19.2 Å². The Labute approximate surface area is 178 Å². The van der Waals surface area contributed by atoms with Gasteiger partial charge in [-0.15, -0.1) is 0 Å². The van der Waals surface area contributed by atoms with Crippen molar-refractivity contribution < 1.29 is 19.1 Å². The van der Waals surface area contributed by atoms with Gasteiger partial charge in [-0.3, -0.25) is 9.59 Å². The van der Waals surface area contributed by atoms with Crippen LogP contribution in [-0.4, -0.2) is 31.6 Å². The van der Waals surface area contributed by atoms with Gasteiger partial charge in [0.15, 0.2) is 6.61 Å². The highest BCUT2D eigenvalue weighted by Crippen LogP contribution is 2.38. The van der Waals surface area contributed by atoms with Crippen LogP contribution >= 0.6 is 0 Å². The van der Waals surface area contributed by atoms with Gasteiger partial charge in [0.2, 0.25) is 5.91 Å². The maximum Gasteiger partial charge on any atom is 0.262 e. The Morgan fingerprint density at radius 3 is 2.67 bits per heavy atom. The van der Waals surface area contributed by atoms with Gasteiger partial charge in [-0.1, -0.05) is 32.0 Å². The first kappa shape index (κ1) is 21.7. The maximum absolute atomic E-state index is 13.1. The van der Waals surface area contributed by atoms with E-state index in [1.165, 1.54) is 0 Å². The number of nitrogens with one attached hydrogen (secondary N) is 1. The number of anilines is 2. The average molecular weight is 411 g/mol. The van der Waals surface area contributed by atoms with Crippen LogP contribution in [0.4, 0.5) is 11.4 Å². The van der Waals surface area contributed by atoms with Crippen molar-refractivity contribution in [1.29, 1.82) is 0 Å². The number of hydrogen-bond acceptors (Lipinski definition) is 4. The van der Waals surface area contributed by atoms with E-state index < -0.39 is 5.41 Å². The molecular weight excluding hydrogens is 380 g/mol. The second-order valence-electron chi connectivity index (χ2n) is 8.77. The molecule has 0 saturated carbocycles. The van der Waals surface area contributed by atoms with Crippen LogP contribution in [0.25, 0.3) is 0 Å². The Morgan fingerprint density at radius 2 is 1.97 bits per heavy atom. The normalized spacial score (nSPS) is 15.3. The predicted molar refractivity (Wildman–Crippen MR) is 118 cm³/mol. The Balaban J connectivity index is 1.78. The van der Waals surface area contributed by atoms with Gasteiger partial charge in [-0.25, -0.2) is 0 Å². The van der Waals surface area contributed by atoms with Gasteiger partial charge in [-0.05, 0) is 56.5 Å². The first-order chi connectivity index (χ1) is 14.2. The molecule has 0 unspecified atom stereocenters. The van der Waals surface area contributed by atoms with Crippen LogP contribution in [0.3, 0.4) is 0 Å². The third kappa shape index (κ3) is 4.93. The average Bonchev–Trinajstić information content (AvgIpc) is 2.77. The number of nitrogens with zero attached hydrogens (tertiary/aromatic N) is 1. The van der Waals surface area contributed by atoms with Crippen molar-refractivity contribution in [2.24, 2.45) is 11.3 Å². The summed E-state index contributed by atoms with van der Waals surface area (Å²) < 4.78 is 11.5. The number of fused-ring (bicyclic) bond motifs is 1. The zero-order valence-electron chi connectivity index (χ0n) is 18.3. The SMILES string of the molecule is Cc1ccccc1OCC(=O)Nc1ccc2c(c1)N(CC(C)C)C(=O)C(C)(C)CO2. The monoisotopic (exact) mass is 410 g/mol. The third-order valence-corrected chi connectivity index (χ3v) is 4.95. The van der Waals surface area contributed by atoms with Crippen molar-refractivity contribution >= 4 is 23.2 Å². The number of aryl methyl sites for hydroxylation is 1. The van der Waals surface area contributed by atoms with Crippen molar-refractivity contribution in [1.82, 2.24) is 0 Å². The molecule has 0 aliphatic carbocycles. The third-order valence-electron chi connectivity index (χ3n) is 4.95. The molecule has 0 spiro atoms. The standard InChI is InChI=1S/C24H30N2O4/c1-16(2)13-26-19-12-18(10-11-21(19)30-15-24(4,5)23(26)28)25-22(27)14-29-20-9-7-6-8-17(20)3/h6-12,16H,13-15H2,1-5H3,(H,25,27). The predicted octanol–water partition coefficient (Wildman–Crippen LogP) is 4.42. The zero-order valence-corrected chi connectivity index (χ0v) is 18.3. The lowest BCUT2D eigenvalue weighted by atomic mass is 9.92. The molecule has 1 heterocycles. The number of carbonyl (C=O) groups is 2. The van der Waals surface area contributed by atoms with E-state index in [-0.39, 0.29) is 24.3 Å². The molecule has 1 N–H and O–H groups in total. The van der Waals surface area contributed by atoms with Crippen LogP contribution in [0.5, 0.6) is 11.5 Å². The molecule has 30 heavy (non-hydrogen) atoms.